The van der Waals surface area contributed by atoms with Gasteiger partial charge in [0.05, 0.1) is 0 Å². The van der Waals surface area contributed by atoms with Gasteiger partial charge in [-0.25, -0.2) is 4.79 Å². The van der Waals surface area contributed by atoms with Crippen molar-refractivity contribution in [3.8, 4) is 0 Å². The molecule has 2 amide bonds. The van der Waals surface area contributed by atoms with Gasteiger partial charge >= 0.3 is 12.0 Å². The third kappa shape index (κ3) is 3.01. The molecular formula is C13H24BN3O4. The van der Waals surface area contributed by atoms with Crippen LogP contribution in [0.5, 0.6) is 0 Å². The number of aliphatic carboxylic acids is 1. The van der Waals surface area contributed by atoms with E-state index >= 15 is 0 Å². The molecule has 0 aromatic heterocycles. The molecule has 1 aliphatic heterocycles. The van der Waals surface area contributed by atoms with Gasteiger partial charge in [0.25, 0.3) is 6.92 Å². The first-order chi connectivity index (χ1) is 9.75. The first-order valence-corrected chi connectivity index (χ1v) is 7.50. The number of hydrogen-bond donors (Lipinski definition) is 4. The minimum absolute atomic E-state index is 0.0904. The molecule has 2 fully saturated rings. The highest BCUT2D eigenvalue weighted by atomic mass is 16.4. The van der Waals surface area contributed by atoms with E-state index in [0.717, 1.165) is 6.42 Å². The van der Waals surface area contributed by atoms with Crippen LogP contribution in [0.15, 0.2) is 0 Å². The summed E-state index contributed by atoms with van der Waals surface area (Å²) in [6.45, 7) is 2.31. The topological polar surface area (TPSA) is 130 Å². The monoisotopic (exact) mass is 297 g/mol. The normalized spacial score (nSPS) is 34.8. The van der Waals surface area contributed by atoms with Crippen LogP contribution in [0.1, 0.15) is 19.3 Å². The Kier molecular flexibility index (Phi) is 4.48. The van der Waals surface area contributed by atoms with E-state index in [2.05, 4.69) is 0 Å². The molecule has 4 unspecified atom stereocenters. The van der Waals surface area contributed by atoms with Gasteiger partial charge in [-0.1, -0.05) is 13.2 Å². The van der Waals surface area contributed by atoms with Crippen LogP contribution in [0.3, 0.4) is 0 Å². The number of rotatable bonds is 5. The van der Waals surface area contributed by atoms with E-state index in [0.29, 0.717) is 32.3 Å². The van der Waals surface area contributed by atoms with Crippen LogP contribution in [0, 0.1) is 17.8 Å². The minimum Gasteiger partial charge on any atom is -0.480 e. The molecule has 1 saturated carbocycles. The predicted octanol–water partition coefficient (Wildman–Crippen LogP) is -0.191. The summed E-state index contributed by atoms with van der Waals surface area (Å²) in [4.78, 5) is 24.5. The summed E-state index contributed by atoms with van der Waals surface area (Å²) in [5.41, 5.74) is 10.3. The van der Waals surface area contributed by atoms with Gasteiger partial charge in [0.2, 0.25) is 0 Å². The van der Waals surface area contributed by atoms with Crippen LogP contribution < -0.4 is 11.5 Å². The molecule has 1 heterocycles. The van der Waals surface area contributed by atoms with Gasteiger partial charge in [-0.2, -0.15) is 0 Å². The quantitative estimate of drug-likeness (QED) is 0.522. The molecule has 0 spiro atoms. The second kappa shape index (κ2) is 5.85. The lowest BCUT2D eigenvalue weighted by Gasteiger charge is -2.31. The summed E-state index contributed by atoms with van der Waals surface area (Å²) < 4.78 is 0. The number of likely N-dealkylation sites (tertiary alicyclic amines) is 1. The number of nitrogens with zero attached hydrogens (tertiary/aromatic N) is 1. The maximum absolute atomic E-state index is 11.6. The number of carboxylic acid groups (broad SMARTS) is 1. The molecule has 0 radical (unpaired) electrons. The zero-order chi connectivity index (χ0) is 15.8. The fraction of sp³-hybridized carbons (Fsp3) is 0.846. The SMILES string of the molecule is CB(O)CCCC1C2CN(C(N)=O)CC2CC1(N)C(=O)O. The molecule has 118 valence electrons. The van der Waals surface area contributed by atoms with Crippen molar-refractivity contribution in [3.05, 3.63) is 0 Å². The minimum atomic E-state index is -1.22. The standard InChI is InChI=1S/C13H24BN3O4/c1-14(21)4-2-3-10-9-7-17(12(15)20)6-8(9)5-13(10,16)11(18)19/h8-10,21H,2-7,16H2,1H3,(H2,15,20)(H,18,19). The van der Waals surface area contributed by atoms with E-state index < -0.39 is 24.5 Å². The number of nitrogens with two attached hydrogens (primary N) is 2. The first-order valence-electron chi connectivity index (χ1n) is 7.50. The van der Waals surface area contributed by atoms with Gasteiger partial charge in [0.15, 0.2) is 0 Å². The van der Waals surface area contributed by atoms with Gasteiger partial charge in [0, 0.05) is 13.1 Å². The molecule has 1 aliphatic carbocycles. The molecule has 1 saturated heterocycles. The Morgan fingerprint density at radius 1 is 1.43 bits per heavy atom. The number of hydrogen-bond acceptors (Lipinski definition) is 4. The van der Waals surface area contributed by atoms with E-state index in [9.17, 15) is 19.7 Å². The van der Waals surface area contributed by atoms with Gasteiger partial charge in [0.1, 0.15) is 5.54 Å². The van der Waals surface area contributed by atoms with Gasteiger partial charge in [-0.3, -0.25) is 4.79 Å². The molecule has 6 N–H and O–H groups in total. The molecule has 0 bridgehead atoms. The van der Waals surface area contributed by atoms with Crippen LogP contribution in [0.2, 0.25) is 13.1 Å². The Labute approximate surface area is 124 Å². The number of urea groups is 1. The lowest BCUT2D eigenvalue weighted by Crippen LogP contribution is -2.53. The second-order valence-corrected chi connectivity index (χ2v) is 6.60. The lowest BCUT2D eigenvalue weighted by molar-refractivity contribution is -0.145. The molecule has 2 aliphatic rings. The smallest absolute Gasteiger partial charge is 0.323 e. The zero-order valence-electron chi connectivity index (χ0n) is 12.4. The second-order valence-electron chi connectivity index (χ2n) is 6.60. The van der Waals surface area contributed by atoms with E-state index in [-0.39, 0.29) is 17.8 Å². The highest BCUT2D eigenvalue weighted by Crippen LogP contribution is 2.49. The van der Waals surface area contributed by atoms with Crippen LogP contribution >= 0.6 is 0 Å². The number of primary amides is 1. The molecule has 0 aromatic carbocycles. The van der Waals surface area contributed by atoms with Crippen LogP contribution in [-0.4, -0.2) is 52.6 Å². The summed E-state index contributed by atoms with van der Waals surface area (Å²) in [5, 5.41) is 18.9. The van der Waals surface area contributed by atoms with Crippen molar-refractivity contribution in [1.29, 1.82) is 0 Å². The Balaban J connectivity index is 2.10. The van der Waals surface area contributed by atoms with Crippen LogP contribution in [0.25, 0.3) is 0 Å². The average molecular weight is 297 g/mol. The van der Waals surface area contributed by atoms with Crippen LogP contribution in [-0.2, 0) is 4.79 Å². The molecular weight excluding hydrogens is 273 g/mol. The van der Waals surface area contributed by atoms with Crippen LogP contribution in [0.4, 0.5) is 4.79 Å². The summed E-state index contributed by atoms with van der Waals surface area (Å²) in [5.74, 6) is -0.949. The van der Waals surface area contributed by atoms with Crippen molar-refractivity contribution < 1.29 is 19.7 Å². The maximum atomic E-state index is 11.6. The van der Waals surface area contributed by atoms with E-state index in [4.69, 9.17) is 11.5 Å². The maximum Gasteiger partial charge on any atom is 0.323 e. The third-order valence-electron chi connectivity index (χ3n) is 5.12. The molecule has 4 atom stereocenters. The Morgan fingerprint density at radius 2 is 2.10 bits per heavy atom. The summed E-state index contributed by atoms with van der Waals surface area (Å²) >= 11 is 0. The van der Waals surface area contributed by atoms with E-state index in [1.807, 2.05) is 0 Å². The van der Waals surface area contributed by atoms with E-state index in [1.54, 1.807) is 11.7 Å². The number of carboxylic acids is 1. The molecule has 2 rings (SSSR count). The van der Waals surface area contributed by atoms with Crippen molar-refractivity contribution in [2.75, 3.05) is 13.1 Å². The number of carbonyl (C=O) groups is 2. The summed E-state index contributed by atoms with van der Waals surface area (Å²) in [6.07, 6.45) is 2.40. The van der Waals surface area contributed by atoms with Crippen molar-refractivity contribution in [2.45, 2.75) is 37.9 Å². The van der Waals surface area contributed by atoms with Gasteiger partial charge < -0.3 is 26.5 Å². The summed E-state index contributed by atoms with van der Waals surface area (Å²) in [7, 11) is 0. The predicted molar refractivity (Wildman–Crippen MR) is 78.7 cm³/mol. The number of amides is 2. The van der Waals surface area contributed by atoms with Gasteiger partial charge in [-0.05, 0) is 36.9 Å². The van der Waals surface area contributed by atoms with Crippen molar-refractivity contribution >= 4 is 18.9 Å². The highest BCUT2D eigenvalue weighted by molar-refractivity contribution is 6.48. The van der Waals surface area contributed by atoms with E-state index in [1.165, 1.54) is 0 Å². The molecule has 8 heteroatoms. The van der Waals surface area contributed by atoms with Crippen molar-refractivity contribution in [2.24, 2.45) is 29.2 Å². The summed E-state index contributed by atoms with van der Waals surface area (Å²) in [6, 6.07) is -0.454. The third-order valence-corrected chi connectivity index (χ3v) is 5.12. The Hall–Kier alpha value is -1.28. The highest BCUT2D eigenvalue weighted by Gasteiger charge is 2.58. The first kappa shape index (κ1) is 16.1. The van der Waals surface area contributed by atoms with Gasteiger partial charge in [-0.15, -0.1) is 0 Å². The number of fused-ring (bicyclic) bond motifs is 1. The fourth-order valence-corrected chi connectivity index (χ4v) is 4.07. The van der Waals surface area contributed by atoms with Crippen molar-refractivity contribution in [3.63, 3.8) is 0 Å². The zero-order valence-corrected chi connectivity index (χ0v) is 12.4. The number of carbonyl (C=O) groups excluding carboxylic acids is 1. The lowest BCUT2D eigenvalue weighted by atomic mass is 9.65. The molecule has 21 heavy (non-hydrogen) atoms. The molecule has 7 nitrogen and oxygen atoms in total. The average Bonchev–Trinajstić information content (AvgIpc) is 2.87. The fourth-order valence-electron chi connectivity index (χ4n) is 4.07. The van der Waals surface area contributed by atoms with Crippen molar-refractivity contribution in [1.82, 2.24) is 4.90 Å². The molecule has 0 aromatic rings. The Morgan fingerprint density at radius 3 is 2.62 bits per heavy atom. The Bertz CT molecular complexity index is 434. The largest absolute Gasteiger partial charge is 0.480 e.